The van der Waals surface area contributed by atoms with Crippen LogP contribution in [0.1, 0.15) is 0 Å². The number of hydrogen-bond acceptors (Lipinski definition) is 3. The molecule has 1 saturated heterocycles. The molecule has 124 valence electrons. The molecule has 0 aromatic heterocycles. The lowest BCUT2D eigenvalue weighted by Gasteiger charge is -2.31. The number of anilines is 1. The van der Waals surface area contributed by atoms with E-state index in [4.69, 9.17) is 10.5 Å². The minimum atomic E-state index is -0.745. The highest BCUT2D eigenvalue weighted by molar-refractivity contribution is 5.90. The van der Waals surface area contributed by atoms with E-state index < -0.39 is 12.0 Å². The zero-order valence-electron chi connectivity index (χ0n) is 13.1. The number of rotatable bonds is 3. The van der Waals surface area contributed by atoms with Crippen molar-refractivity contribution in [1.29, 1.82) is 0 Å². The number of primary amides is 1. The van der Waals surface area contributed by atoms with E-state index in [1.807, 2.05) is 54.6 Å². The Morgan fingerprint density at radius 3 is 2.38 bits per heavy atom. The van der Waals surface area contributed by atoms with Gasteiger partial charge in [0.25, 0.3) is 0 Å². The summed E-state index contributed by atoms with van der Waals surface area (Å²) in [7, 11) is 0. The number of urea groups is 1. The Balaban J connectivity index is 1.63. The maximum atomic E-state index is 12.3. The molecule has 3 rings (SSSR count). The monoisotopic (exact) mass is 325 g/mol. The van der Waals surface area contributed by atoms with Gasteiger partial charge in [0.15, 0.2) is 6.10 Å². The third-order valence-electron chi connectivity index (χ3n) is 3.91. The SMILES string of the molecule is NC(=O)[C@@H]1CN(C(=O)Nc2ccc(-c3ccccc3)cc2)CCO1. The van der Waals surface area contributed by atoms with Gasteiger partial charge in [0, 0.05) is 12.2 Å². The molecule has 3 N–H and O–H groups in total. The van der Waals surface area contributed by atoms with Crippen molar-refractivity contribution in [2.75, 3.05) is 25.0 Å². The highest BCUT2D eigenvalue weighted by Gasteiger charge is 2.27. The van der Waals surface area contributed by atoms with Gasteiger partial charge in [-0.3, -0.25) is 4.79 Å². The van der Waals surface area contributed by atoms with E-state index in [0.29, 0.717) is 18.8 Å². The fourth-order valence-corrected chi connectivity index (χ4v) is 2.59. The van der Waals surface area contributed by atoms with Crippen LogP contribution < -0.4 is 11.1 Å². The second-order valence-corrected chi connectivity index (χ2v) is 5.58. The van der Waals surface area contributed by atoms with E-state index >= 15 is 0 Å². The molecule has 0 bridgehead atoms. The molecule has 6 heteroatoms. The van der Waals surface area contributed by atoms with Gasteiger partial charge >= 0.3 is 6.03 Å². The van der Waals surface area contributed by atoms with Crippen molar-refractivity contribution in [3.05, 3.63) is 54.6 Å². The highest BCUT2D eigenvalue weighted by Crippen LogP contribution is 2.21. The van der Waals surface area contributed by atoms with Crippen molar-refractivity contribution in [2.24, 2.45) is 5.73 Å². The summed E-state index contributed by atoms with van der Waals surface area (Å²) in [4.78, 5) is 25.0. The standard InChI is InChI=1S/C18H19N3O3/c19-17(22)16-12-21(10-11-24-16)18(23)20-15-8-6-14(7-9-15)13-4-2-1-3-5-13/h1-9,16H,10-12H2,(H2,19,22)(H,20,23)/t16-/m0/s1. The van der Waals surface area contributed by atoms with Crippen LogP contribution in [0.4, 0.5) is 10.5 Å². The summed E-state index contributed by atoms with van der Waals surface area (Å²) in [5.41, 5.74) is 8.12. The van der Waals surface area contributed by atoms with Gasteiger partial charge in [0.05, 0.1) is 13.2 Å². The molecule has 1 atom stereocenters. The average Bonchev–Trinajstić information content (AvgIpc) is 2.63. The lowest BCUT2D eigenvalue weighted by Crippen LogP contribution is -2.51. The van der Waals surface area contributed by atoms with E-state index in [1.54, 1.807) is 0 Å². The molecule has 1 fully saturated rings. The Hall–Kier alpha value is -2.86. The van der Waals surface area contributed by atoms with Gasteiger partial charge in [-0.2, -0.15) is 0 Å². The fraction of sp³-hybridized carbons (Fsp3) is 0.222. The maximum Gasteiger partial charge on any atom is 0.322 e. The number of amides is 3. The molecule has 0 saturated carbocycles. The number of nitrogens with zero attached hydrogens (tertiary/aromatic N) is 1. The number of nitrogens with one attached hydrogen (secondary N) is 1. The third-order valence-corrected chi connectivity index (χ3v) is 3.91. The number of hydrogen-bond donors (Lipinski definition) is 2. The Labute approximate surface area is 140 Å². The van der Waals surface area contributed by atoms with Crippen LogP contribution in [-0.2, 0) is 9.53 Å². The van der Waals surface area contributed by atoms with Crippen molar-refractivity contribution in [2.45, 2.75) is 6.10 Å². The number of nitrogens with two attached hydrogens (primary N) is 1. The number of carbonyl (C=O) groups excluding carboxylic acids is 2. The van der Waals surface area contributed by atoms with E-state index in [1.165, 1.54) is 4.90 Å². The number of benzene rings is 2. The molecule has 6 nitrogen and oxygen atoms in total. The zero-order valence-corrected chi connectivity index (χ0v) is 13.1. The molecule has 0 spiro atoms. The van der Waals surface area contributed by atoms with Crippen LogP contribution in [0, 0.1) is 0 Å². The van der Waals surface area contributed by atoms with Gasteiger partial charge in [-0.25, -0.2) is 4.79 Å². The smallest absolute Gasteiger partial charge is 0.322 e. The quantitative estimate of drug-likeness (QED) is 0.906. The van der Waals surface area contributed by atoms with E-state index in [0.717, 1.165) is 11.1 Å². The Bertz CT molecular complexity index is 716. The minimum absolute atomic E-state index is 0.170. The predicted octanol–water partition coefficient (Wildman–Crippen LogP) is 2.07. The molecule has 1 aliphatic rings. The van der Waals surface area contributed by atoms with Crippen LogP contribution in [0.2, 0.25) is 0 Å². The van der Waals surface area contributed by atoms with Gasteiger partial charge in [-0.05, 0) is 23.3 Å². The number of ether oxygens (including phenoxy) is 1. The fourth-order valence-electron chi connectivity index (χ4n) is 2.59. The molecule has 24 heavy (non-hydrogen) atoms. The van der Waals surface area contributed by atoms with Crippen LogP contribution >= 0.6 is 0 Å². The summed E-state index contributed by atoms with van der Waals surface area (Å²) in [6.45, 7) is 0.898. The summed E-state index contributed by atoms with van der Waals surface area (Å²) < 4.78 is 5.24. The second kappa shape index (κ2) is 7.14. The summed E-state index contributed by atoms with van der Waals surface area (Å²) in [5.74, 6) is -0.556. The lowest BCUT2D eigenvalue weighted by molar-refractivity contribution is -0.133. The normalized spacial score (nSPS) is 17.3. The van der Waals surface area contributed by atoms with Crippen LogP contribution in [-0.4, -0.2) is 42.6 Å². The average molecular weight is 325 g/mol. The molecule has 2 aromatic rings. The maximum absolute atomic E-state index is 12.3. The molecule has 2 aromatic carbocycles. The largest absolute Gasteiger partial charge is 0.367 e. The molecule has 3 amide bonds. The molecular formula is C18H19N3O3. The molecule has 0 aliphatic carbocycles. The van der Waals surface area contributed by atoms with Crippen molar-refractivity contribution in [1.82, 2.24) is 4.90 Å². The summed E-state index contributed by atoms with van der Waals surface area (Å²) in [5, 5.41) is 2.83. The Morgan fingerprint density at radius 1 is 1.04 bits per heavy atom. The van der Waals surface area contributed by atoms with E-state index in [-0.39, 0.29) is 12.6 Å². The minimum Gasteiger partial charge on any atom is -0.367 e. The second-order valence-electron chi connectivity index (χ2n) is 5.58. The van der Waals surface area contributed by atoms with Crippen LogP contribution in [0.5, 0.6) is 0 Å². The third kappa shape index (κ3) is 3.72. The Morgan fingerprint density at radius 2 is 1.71 bits per heavy atom. The molecule has 1 heterocycles. The zero-order chi connectivity index (χ0) is 16.9. The molecule has 0 unspecified atom stereocenters. The molecule has 1 aliphatic heterocycles. The predicted molar refractivity (Wildman–Crippen MR) is 91.4 cm³/mol. The number of morpholine rings is 1. The number of carbonyl (C=O) groups is 2. The molecule has 0 radical (unpaired) electrons. The van der Waals surface area contributed by atoms with Crippen molar-refractivity contribution < 1.29 is 14.3 Å². The van der Waals surface area contributed by atoms with Crippen LogP contribution in [0.3, 0.4) is 0 Å². The van der Waals surface area contributed by atoms with E-state index in [9.17, 15) is 9.59 Å². The van der Waals surface area contributed by atoms with Gasteiger partial charge in [0.2, 0.25) is 5.91 Å². The Kier molecular flexibility index (Phi) is 4.77. The van der Waals surface area contributed by atoms with Gasteiger partial charge in [-0.1, -0.05) is 42.5 Å². The first-order valence-corrected chi connectivity index (χ1v) is 7.76. The van der Waals surface area contributed by atoms with Crippen molar-refractivity contribution in [3.8, 4) is 11.1 Å². The van der Waals surface area contributed by atoms with E-state index in [2.05, 4.69) is 5.32 Å². The van der Waals surface area contributed by atoms with Gasteiger partial charge < -0.3 is 20.7 Å². The van der Waals surface area contributed by atoms with Crippen LogP contribution in [0.25, 0.3) is 11.1 Å². The first-order chi connectivity index (χ1) is 11.6. The van der Waals surface area contributed by atoms with Gasteiger partial charge in [0.1, 0.15) is 0 Å². The first kappa shape index (κ1) is 16.0. The topological polar surface area (TPSA) is 84.7 Å². The highest BCUT2D eigenvalue weighted by atomic mass is 16.5. The summed E-state index contributed by atoms with van der Waals surface area (Å²) in [6.07, 6.45) is -0.745. The summed E-state index contributed by atoms with van der Waals surface area (Å²) >= 11 is 0. The first-order valence-electron chi connectivity index (χ1n) is 7.76. The van der Waals surface area contributed by atoms with Crippen molar-refractivity contribution >= 4 is 17.6 Å². The summed E-state index contributed by atoms with van der Waals surface area (Å²) in [6, 6.07) is 17.4. The van der Waals surface area contributed by atoms with Crippen molar-refractivity contribution in [3.63, 3.8) is 0 Å². The molecular weight excluding hydrogens is 306 g/mol. The van der Waals surface area contributed by atoms with Crippen LogP contribution in [0.15, 0.2) is 54.6 Å². The lowest BCUT2D eigenvalue weighted by atomic mass is 10.1. The van der Waals surface area contributed by atoms with Gasteiger partial charge in [-0.15, -0.1) is 0 Å².